The highest BCUT2D eigenvalue weighted by atomic mass is 35.5. The fourth-order valence-corrected chi connectivity index (χ4v) is 4.81. The Morgan fingerprint density at radius 1 is 1.26 bits per heavy atom. The van der Waals surface area contributed by atoms with E-state index >= 15 is 0 Å². The van der Waals surface area contributed by atoms with E-state index in [4.69, 9.17) is 30.7 Å². The number of hydrogen-bond acceptors (Lipinski definition) is 8. The van der Waals surface area contributed by atoms with E-state index in [0.717, 1.165) is 24.4 Å². The van der Waals surface area contributed by atoms with Crippen LogP contribution in [0.3, 0.4) is 0 Å². The van der Waals surface area contributed by atoms with E-state index in [-0.39, 0.29) is 40.2 Å². The monoisotopic (exact) mass is 551 g/mol. The summed E-state index contributed by atoms with van der Waals surface area (Å²) < 4.78 is 74.7. The van der Waals surface area contributed by atoms with Crippen LogP contribution in [0.4, 0.5) is 8.78 Å². The van der Waals surface area contributed by atoms with Gasteiger partial charge >= 0.3 is 5.69 Å². The lowest BCUT2D eigenvalue weighted by atomic mass is 9.94. The van der Waals surface area contributed by atoms with Crippen molar-refractivity contribution < 1.29 is 29.8 Å². The summed E-state index contributed by atoms with van der Waals surface area (Å²) in [6, 6.07) is 2.35. The number of aromatic hydroxyl groups is 1. The van der Waals surface area contributed by atoms with Gasteiger partial charge in [-0.05, 0) is 25.0 Å². The Balaban J connectivity index is 1.64. The molecule has 35 heavy (non-hydrogen) atoms. The van der Waals surface area contributed by atoms with Crippen LogP contribution in [-0.4, -0.2) is 39.3 Å². The second kappa shape index (κ2) is 9.53. The third-order valence-corrected chi connectivity index (χ3v) is 6.82. The molecule has 0 unspecified atom stereocenters. The molecular formula is C19H15Cl2F2N5O6S. The molecule has 0 amide bonds. The van der Waals surface area contributed by atoms with E-state index in [1.807, 2.05) is 0 Å². The van der Waals surface area contributed by atoms with Crippen molar-refractivity contribution in [3.8, 4) is 23.1 Å². The number of nitrogens with one attached hydrogen (secondary N) is 2. The van der Waals surface area contributed by atoms with Gasteiger partial charge in [-0.25, -0.2) is 31.7 Å². The summed E-state index contributed by atoms with van der Waals surface area (Å²) in [5, 5.41) is 12.8. The van der Waals surface area contributed by atoms with Crippen molar-refractivity contribution in [3.63, 3.8) is 0 Å². The maximum atomic E-state index is 13.0. The summed E-state index contributed by atoms with van der Waals surface area (Å²) in [7, 11) is -4.29. The number of pyridine rings is 1. The number of nitrogens with zero attached hydrogens (tertiary/aromatic N) is 3. The van der Waals surface area contributed by atoms with Gasteiger partial charge in [-0.2, -0.15) is 9.78 Å². The second-order valence-corrected chi connectivity index (χ2v) is 9.66. The van der Waals surface area contributed by atoms with Crippen LogP contribution in [0.5, 0.6) is 17.4 Å². The van der Waals surface area contributed by atoms with Crippen molar-refractivity contribution in [3.05, 3.63) is 61.0 Å². The molecule has 186 valence electrons. The summed E-state index contributed by atoms with van der Waals surface area (Å²) in [4.78, 5) is 28.5. The van der Waals surface area contributed by atoms with E-state index in [9.17, 15) is 31.9 Å². The number of rotatable bonds is 7. The van der Waals surface area contributed by atoms with Crippen molar-refractivity contribution in [2.24, 2.45) is 0 Å². The molecule has 0 atom stereocenters. The number of sulfonamides is 1. The molecule has 1 aliphatic carbocycles. The maximum Gasteiger partial charge on any atom is 0.349 e. The van der Waals surface area contributed by atoms with Crippen LogP contribution < -0.4 is 20.7 Å². The van der Waals surface area contributed by atoms with Gasteiger partial charge in [0.2, 0.25) is 15.9 Å². The molecule has 0 bridgehead atoms. The van der Waals surface area contributed by atoms with E-state index in [2.05, 4.69) is 14.8 Å². The number of H-pyrrole nitrogens is 1. The summed E-state index contributed by atoms with van der Waals surface area (Å²) in [5.41, 5.74) is -3.90. The average molecular weight is 552 g/mol. The van der Waals surface area contributed by atoms with Gasteiger partial charge in [0.25, 0.3) is 12.0 Å². The standard InChI is InChI=1S/C19H15Cl2F2N5O6S/c20-10-4-9(28-19(31)25-18(30)15(26-28)17(22)23)5-11(21)16(10)34-14-6-13(12(29)7-24-14)35(32,33)27-8-2-1-3-8/h4-8,17,27,29H,1-3H2,(H,25,30,31)/i1D2. The van der Waals surface area contributed by atoms with Crippen molar-refractivity contribution in [1.82, 2.24) is 24.5 Å². The normalized spacial score (nSPS) is 16.5. The van der Waals surface area contributed by atoms with Crippen LogP contribution in [0.1, 0.15) is 34.1 Å². The minimum atomic E-state index is -4.29. The number of aromatic nitrogens is 4. The highest BCUT2D eigenvalue weighted by Crippen LogP contribution is 2.38. The Labute approximate surface area is 208 Å². The SMILES string of the molecule is [2H]C1([2H])CC(NS(=O)(=O)c2cc(Oc3c(Cl)cc(-n4nc(C(F)F)c(=O)[nH]c4=O)cc3Cl)ncc2O)C1. The molecule has 2 heterocycles. The molecule has 1 aliphatic rings. The molecule has 0 spiro atoms. The number of alkyl halides is 2. The number of halogens is 4. The first-order chi connectivity index (χ1) is 17.2. The third kappa shape index (κ3) is 5.15. The van der Waals surface area contributed by atoms with E-state index < -0.39 is 56.5 Å². The van der Waals surface area contributed by atoms with Gasteiger partial charge in [-0.3, -0.25) is 9.78 Å². The number of ether oxygens (including phenoxy) is 1. The molecule has 11 nitrogen and oxygen atoms in total. The molecule has 4 rings (SSSR count). The molecule has 16 heteroatoms. The summed E-state index contributed by atoms with van der Waals surface area (Å²) >= 11 is 12.4. The van der Waals surface area contributed by atoms with E-state index in [1.165, 1.54) is 0 Å². The Kier molecular flexibility index (Phi) is 6.10. The Hall–Kier alpha value is -3.07. The van der Waals surface area contributed by atoms with Gasteiger partial charge in [-0.1, -0.05) is 29.6 Å². The van der Waals surface area contributed by atoms with E-state index in [0.29, 0.717) is 4.68 Å². The quantitative estimate of drug-likeness (QED) is 0.404. The van der Waals surface area contributed by atoms with Gasteiger partial charge < -0.3 is 9.84 Å². The first-order valence-electron chi connectivity index (χ1n) is 10.6. The van der Waals surface area contributed by atoms with Crippen LogP contribution in [0.15, 0.2) is 38.9 Å². The predicted octanol–water partition coefficient (Wildman–Crippen LogP) is 2.89. The van der Waals surface area contributed by atoms with Gasteiger partial charge in [0.15, 0.2) is 17.2 Å². The van der Waals surface area contributed by atoms with Crippen molar-refractivity contribution in [2.75, 3.05) is 0 Å². The van der Waals surface area contributed by atoms with E-state index in [1.54, 1.807) is 4.98 Å². The topological polar surface area (TPSA) is 156 Å². The van der Waals surface area contributed by atoms with Gasteiger partial charge in [0, 0.05) is 14.8 Å². The first kappa shape index (κ1) is 22.4. The van der Waals surface area contributed by atoms with Gasteiger partial charge in [0.1, 0.15) is 4.90 Å². The highest BCUT2D eigenvalue weighted by molar-refractivity contribution is 7.89. The van der Waals surface area contributed by atoms with Crippen LogP contribution in [0.2, 0.25) is 10.0 Å². The third-order valence-electron chi connectivity index (χ3n) is 4.71. The minimum absolute atomic E-state index is 0.0367. The summed E-state index contributed by atoms with van der Waals surface area (Å²) in [6.45, 7) is 0. The van der Waals surface area contributed by atoms with Crippen LogP contribution >= 0.6 is 23.2 Å². The second-order valence-electron chi connectivity index (χ2n) is 7.16. The number of benzene rings is 1. The molecule has 3 N–H and O–H groups in total. The first-order valence-corrected chi connectivity index (χ1v) is 11.8. The summed E-state index contributed by atoms with van der Waals surface area (Å²) in [6.07, 6.45) is -4.03. The van der Waals surface area contributed by atoms with Crippen molar-refractivity contribution in [1.29, 1.82) is 0 Å². The minimum Gasteiger partial charge on any atom is -0.505 e. The van der Waals surface area contributed by atoms with Gasteiger partial charge in [0.05, 0.1) is 21.9 Å². The maximum absolute atomic E-state index is 13.0. The molecule has 2 aromatic heterocycles. The van der Waals surface area contributed by atoms with Crippen LogP contribution in [0, 0.1) is 0 Å². The van der Waals surface area contributed by atoms with Crippen LogP contribution in [0.25, 0.3) is 5.69 Å². The zero-order valence-electron chi connectivity index (χ0n) is 19.1. The van der Waals surface area contributed by atoms with Crippen LogP contribution in [-0.2, 0) is 10.0 Å². The van der Waals surface area contributed by atoms with Crippen molar-refractivity contribution in [2.45, 2.75) is 36.6 Å². The molecule has 0 saturated heterocycles. The highest BCUT2D eigenvalue weighted by Gasteiger charge is 2.28. The smallest absolute Gasteiger partial charge is 0.349 e. The predicted molar refractivity (Wildman–Crippen MR) is 119 cm³/mol. The average Bonchev–Trinajstić information content (AvgIpc) is 2.75. The summed E-state index contributed by atoms with van der Waals surface area (Å²) in [5.74, 6) is -1.33. The van der Waals surface area contributed by atoms with Gasteiger partial charge in [-0.15, -0.1) is 0 Å². The number of aromatic amines is 1. The Morgan fingerprint density at radius 2 is 1.91 bits per heavy atom. The number of hydrogen-bond donors (Lipinski definition) is 3. The molecule has 0 aliphatic heterocycles. The Morgan fingerprint density at radius 3 is 2.51 bits per heavy atom. The molecule has 0 radical (unpaired) electrons. The molecule has 3 aromatic rings. The molecule has 1 saturated carbocycles. The molecular weight excluding hydrogens is 535 g/mol. The lowest BCUT2D eigenvalue weighted by Gasteiger charge is -2.26. The largest absolute Gasteiger partial charge is 0.505 e. The lowest BCUT2D eigenvalue weighted by Crippen LogP contribution is -2.39. The zero-order valence-corrected chi connectivity index (χ0v) is 19.5. The molecule has 1 fully saturated rings. The fourth-order valence-electron chi connectivity index (χ4n) is 2.94. The fraction of sp³-hybridized carbons (Fsp3) is 0.263. The van der Waals surface area contributed by atoms with Crippen molar-refractivity contribution >= 4 is 33.2 Å². The lowest BCUT2D eigenvalue weighted by molar-refractivity contribution is 0.141. The molecule has 1 aromatic carbocycles. The zero-order chi connectivity index (χ0) is 27.3. The Bertz CT molecular complexity index is 1590.